The standard InChI is InChI=1S/C18H24N4O4S/c1-3-14-19-18-22(20-14)17(25)16(27-18)15(21(7-9-23)8-10-24)12-5-4-6-13(11-12)26-2/h4-6,11,15,23-25H,3,7-10H2,1-2H3. The van der Waals surface area contributed by atoms with E-state index in [-0.39, 0.29) is 25.1 Å². The number of nitrogens with zero attached hydrogens (tertiary/aromatic N) is 4. The fourth-order valence-electron chi connectivity index (χ4n) is 3.09. The van der Waals surface area contributed by atoms with E-state index >= 15 is 0 Å². The highest BCUT2D eigenvalue weighted by molar-refractivity contribution is 7.17. The van der Waals surface area contributed by atoms with Gasteiger partial charge in [-0.05, 0) is 17.7 Å². The summed E-state index contributed by atoms with van der Waals surface area (Å²) in [6.07, 6.45) is 0.684. The molecule has 0 bridgehead atoms. The maximum Gasteiger partial charge on any atom is 0.230 e. The van der Waals surface area contributed by atoms with Crippen LogP contribution in [-0.2, 0) is 6.42 Å². The SMILES string of the molecule is CCc1nc2sc(C(c3cccc(OC)c3)N(CCO)CCO)c(O)n2n1. The molecule has 27 heavy (non-hydrogen) atoms. The van der Waals surface area contributed by atoms with Gasteiger partial charge in [0.15, 0.2) is 5.82 Å². The molecule has 0 aliphatic heterocycles. The van der Waals surface area contributed by atoms with Gasteiger partial charge in [0.2, 0.25) is 10.8 Å². The largest absolute Gasteiger partial charge is 0.497 e. The smallest absolute Gasteiger partial charge is 0.230 e. The molecule has 0 saturated carbocycles. The van der Waals surface area contributed by atoms with Crippen molar-refractivity contribution in [2.75, 3.05) is 33.4 Å². The molecule has 0 radical (unpaired) electrons. The maximum absolute atomic E-state index is 10.8. The highest BCUT2D eigenvalue weighted by Crippen LogP contribution is 2.40. The van der Waals surface area contributed by atoms with Crippen LogP contribution < -0.4 is 4.74 Å². The average Bonchev–Trinajstić information content (AvgIpc) is 3.22. The van der Waals surface area contributed by atoms with Crippen molar-refractivity contribution in [3.05, 3.63) is 40.5 Å². The summed E-state index contributed by atoms with van der Waals surface area (Å²) in [5, 5.41) is 34.2. The molecule has 9 heteroatoms. The molecule has 8 nitrogen and oxygen atoms in total. The molecule has 2 heterocycles. The molecule has 0 spiro atoms. The van der Waals surface area contributed by atoms with Crippen molar-refractivity contribution in [3.8, 4) is 11.6 Å². The number of thiazole rings is 1. The highest BCUT2D eigenvalue weighted by atomic mass is 32.1. The lowest BCUT2D eigenvalue weighted by atomic mass is 10.0. The molecular formula is C18H24N4O4S. The average molecular weight is 392 g/mol. The molecule has 3 N–H and O–H groups in total. The Balaban J connectivity index is 2.13. The number of aryl methyl sites for hydroxylation is 1. The molecule has 1 atom stereocenters. The number of ether oxygens (including phenoxy) is 1. The third kappa shape index (κ3) is 3.91. The Morgan fingerprint density at radius 2 is 2.00 bits per heavy atom. The molecule has 1 unspecified atom stereocenters. The minimum atomic E-state index is -0.377. The zero-order chi connectivity index (χ0) is 19.4. The predicted octanol–water partition coefficient (Wildman–Crippen LogP) is 1.44. The van der Waals surface area contributed by atoms with Gasteiger partial charge in [0.1, 0.15) is 5.75 Å². The van der Waals surface area contributed by atoms with Gasteiger partial charge >= 0.3 is 0 Å². The molecule has 146 valence electrons. The summed E-state index contributed by atoms with van der Waals surface area (Å²) in [6, 6.07) is 7.17. The van der Waals surface area contributed by atoms with Gasteiger partial charge in [-0.25, -0.2) is 4.98 Å². The fraction of sp³-hybridized carbons (Fsp3) is 0.444. The van der Waals surface area contributed by atoms with E-state index in [0.717, 1.165) is 5.56 Å². The van der Waals surface area contributed by atoms with E-state index in [1.807, 2.05) is 36.1 Å². The number of aromatic hydroxyl groups is 1. The summed E-state index contributed by atoms with van der Waals surface area (Å²) in [5.74, 6) is 1.39. The first-order valence-corrected chi connectivity index (χ1v) is 9.61. The minimum Gasteiger partial charge on any atom is -0.497 e. The Hall–Kier alpha value is -2.20. The number of hydrogen-bond donors (Lipinski definition) is 3. The number of methoxy groups -OCH3 is 1. The molecular weight excluding hydrogens is 368 g/mol. The van der Waals surface area contributed by atoms with Crippen LogP contribution in [0.2, 0.25) is 0 Å². The van der Waals surface area contributed by atoms with Gasteiger partial charge in [-0.15, -0.1) is 5.10 Å². The van der Waals surface area contributed by atoms with Crippen molar-refractivity contribution in [1.82, 2.24) is 19.5 Å². The van der Waals surface area contributed by atoms with Gasteiger partial charge in [-0.1, -0.05) is 30.4 Å². The van der Waals surface area contributed by atoms with E-state index in [0.29, 0.717) is 40.9 Å². The van der Waals surface area contributed by atoms with E-state index in [1.54, 1.807) is 7.11 Å². The molecule has 3 aromatic rings. The molecule has 0 saturated heterocycles. The quantitative estimate of drug-likeness (QED) is 0.506. The topological polar surface area (TPSA) is 103 Å². The summed E-state index contributed by atoms with van der Waals surface area (Å²) in [6.45, 7) is 2.51. The van der Waals surface area contributed by atoms with Crippen molar-refractivity contribution in [3.63, 3.8) is 0 Å². The number of benzene rings is 1. The van der Waals surface area contributed by atoms with Crippen LogP contribution in [-0.4, -0.2) is 68.2 Å². The van der Waals surface area contributed by atoms with Crippen molar-refractivity contribution in [1.29, 1.82) is 0 Å². The molecule has 0 aliphatic rings. The van der Waals surface area contributed by atoms with Crippen molar-refractivity contribution >= 4 is 16.3 Å². The molecule has 0 aliphatic carbocycles. The first-order chi connectivity index (χ1) is 13.1. The van der Waals surface area contributed by atoms with E-state index < -0.39 is 0 Å². The van der Waals surface area contributed by atoms with E-state index in [1.165, 1.54) is 15.9 Å². The molecule has 3 rings (SSSR count). The van der Waals surface area contributed by atoms with Crippen molar-refractivity contribution in [2.45, 2.75) is 19.4 Å². The summed E-state index contributed by atoms with van der Waals surface area (Å²) >= 11 is 1.35. The Bertz CT molecular complexity index is 889. The summed E-state index contributed by atoms with van der Waals surface area (Å²) in [4.78, 5) is 7.63. The lowest BCUT2D eigenvalue weighted by Crippen LogP contribution is -2.34. The zero-order valence-corrected chi connectivity index (χ0v) is 16.2. The Morgan fingerprint density at radius 3 is 2.59 bits per heavy atom. The van der Waals surface area contributed by atoms with Gasteiger partial charge in [0.25, 0.3) is 0 Å². The predicted molar refractivity (Wildman–Crippen MR) is 102 cm³/mol. The summed E-state index contributed by atoms with van der Waals surface area (Å²) < 4.78 is 6.79. The van der Waals surface area contributed by atoms with Crippen LogP contribution in [0.5, 0.6) is 11.6 Å². The van der Waals surface area contributed by atoms with Crippen LogP contribution in [0.25, 0.3) is 4.96 Å². The van der Waals surface area contributed by atoms with Crippen LogP contribution in [0.15, 0.2) is 24.3 Å². The molecule has 0 amide bonds. The first kappa shape index (κ1) is 19.6. The van der Waals surface area contributed by atoms with E-state index in [9.17, 15) is 15.3 Å². The van der Waals surface area contributed by atoms with Crippen LogP contribution >= 0.6 is 11.3 Å². The lowest BCUT2D eigenvalue weighted by molar-refractivity contribution is 0.136. The second-order valence-corrected chi connectivity index (χ2v) is 7.04. The van der Waals surface area contributed by atoms with Crippen molar-refractivity contribution < 1.29 is 20.1 Å². The van der Waals surface area contributed by atoms with E-state index in [4.69, 9.17) is 4.74 Å². The third-order valence-corrected chi connectivity index (χ3v) is 5.43. The summed E-state index contributed by atoms with van der Waals surface area (Å²) in [7, 11) is 1.60. The minimum absolute atomic E-state index is 0.0240. The van der Waals surface area contributed by atoms with Gasteiger partial charge < -0.3 is 20.1 Å². The Morgan fingerprint density at radius 1 is 1.26 bits per heavy atom. The molecule has 0 fully saturated rings. The second kappa shape index (κ2) is 8.66. The van der Waals surface area contributed by atoms with Crippen LogP contribution in [0, 0.1) is 0 Å². The van der Waals surface area contributed by atoms with Gasteiger partial charge in [-0.3, -0.25) is 4.90 Å². The Kier molecular flexibility index (Phi) is 6.27. The van der Waals surface area contributed by atoms with E-state index in [2.05, 4.69) is 10.1 Å². The Labute approximate surface area is 161 Å². The van der Waals surface area contributed by atoms with Crippen molar-refractivity contribution in [2.24, 2.45) is 0 Å². The number of aliphatic hydroxyl groups is 2. The number of hydrogen-bond acceptors (Lipinski definition) is 8. The lowest BCUT2D eigenvalue weighted by Gasteiger charge is -2.30. The fourth-order valence-corrected chi connectivity index (χ4v) is 4.22. The maximum atomic E-state index is 10.8. The number of aromatic nitrogens is 3. The van der Waals surface area contributed by atoms with Crippen LogP contribution in [0.1, 0.15) is 29.2 Å². The normalized spacial score (nSPS) is 12.8. The molecule has 1 aromatic carbocycles. The second-order valence-electron chi connectivity index (χ2n) is 6.03. The van der Waals surface area contributed by atoms with Crippen LogP contribution in [0.4, 0.5) is 0 Å². The summed E-state index contributed by atoms with van der Waals surface area (Å²) in [5.41, 5.74) is 0.881. The zero-order valence-electron chi connectivity index (χ0n) is 15.4. The van der Waals surface area contributed by atoms with Gasteiger partial charge in [-0.2, -0.15) is 4.52 Å². The third-order valence-electron chi connectivity index (χ3n) is 4.36. The number of fused-ring (bicyclic) bond motifs is 1. The number of aliphatic hydroxyl groups excluding tert-OH is 2. The van der Waals surface area contributed by atoms with Gasteiger partial charge in [0, 0.05) is 19.5 Å². The highest BCUT2D eigenvalue weighted by Gasteiger charge is 2.29. The van der Waals surface area contributed by atoms with Crippen LogP contribution in [0.3, 0.4) is 0 Å². The molecule has 2 aromatic heterocycles. The monoisotopic (exact) mass is 392 g/mol. The van der Waals surface area contributed by atoms with Gasteiger partial charge in [0.05, 0.1) is 31.2 Å². The number of rotatable bonds is 9. The first-order valence-electron chi connectivity index (χ1n) is 8.79.